The van der Waals surface area contributed by atoms with Gasteiger partial charge in [-0.05, 0) is 18.9 Å². The van der Waals surface area contributed by atoms with Crippen molar-refractivity contribution in [3.63, 3.8) is 0 Å². The molecule has 1 heterocycles. The van der Waals surface area contributed by atoms with Gasteiger partial charge in [0.05, 0.1) is 0 Å². The monoisotopic (exact) mass is 237 g/mol. The smallest absolute Gasteiger partial charge is 0.171 e. The van der Waals surface area contributed by atoms with Crippen LogP contribution in [0.15, 0.2) is 28.5 Å². The molecule has 1 saturated carbocycles. The van der Waals surface area contributed by atoms with Gasteiger partial charge >= 0.3 is 0 Å². The predicted octanol–water partition coefficient (Wildman–Crippen LogP) is 2.21. The van der Waals surface area contributed by atoms with Gasteiger partial charge in [-0.25, -0.2) is 0 Å². The zero-order valence-electron chi connectivity index (χ0n) is 8.97. The summed E-state index contributed by atoms with van der Waals surface area (Å²) in [6.45, 7) is 0. The summed E-state index contributed by atoms with van der Waals surface area (Å²) in [5, 5.41) is 12.4. The molecule has 0 bridgehead atoms. The number of aromatic nitrogens is 1. The Morgan fingerprint density at radius 1 is 1.50 bits per heavy atom. The van der Waals surface area contributed by atoms with Crippen molar-refractivity contribution in [1.82, 2.24) is 4.98 Å². The first kappa shape index (κ1) is 11.3. The number of amidine groups is 1. The van der Waals surface area contributed by atoms with Crippen molar-refractivity contribution in [2.24, 2.45) is 10.9 Å². The quantitative estimate of drug-likeness (QED) is 0.366. The first-order valence-electron chi connectivity index (χ1n) is 5.40. The lowest BCUT2D eigenvalue weighted by Gasteiger charge is -2.11. The molecular weight excluding hydrogens is 222 g/mol. The summed E-state index contributed by atoms with van der Waals surface area (Å²) in [6, 6.07) is 1.78. The van der Waals surface area contributed by atoms with Gasteiger partial charge in [0.2, 0.25) is 0 Å². The molecule has 0 spiro atoms. The summed E-state index contributed by atoms with van der Waals surface area (Å²) in [6.07, 6.45) is 8.54. The maximum absolute atomic E-state index is 8.71. The van der Waals surface area contributed by atoms with E-state index in [1.165, 1.54) is 25.7 Å². The standard InChI is InChI=1S/C11H15N3OS/c12-11(14-15)9-5-6-13-7-10(9)16-8-3-1-2-4-8/h5-8,15H,1-4H2,(H2,12,14). The van der Waals surface area contributed by atoms with Gasteiger partial charge < -0.3 is 10.9 Å². The number of oxime groups is 1. The van der Waals surface area contributed by atoms with Crippen LogP contribution < -0.4 is 5.73 Å². The number of nitrogens with zero attached hydrogens (tertiary/aromatic N) is 2. The van der Waals surface area contributed by atoms with Crippen LogP contribution in [0.5, 0.6) is 0 Å². The summed E-state index contributed by atoms with van der Waals surface area (Å²) >= 11 is 1.79. The van der Waals surface area contributed by atoms with Crippen molar-refractivity contribution >= 4 is 17.6 Å². The molecule has 86 valence electrons. The van der Waals surface area contributed by atoms with Crippen LogP contribution in [-0.2, 0) is 0 Å². The van der Waals surface area contributed by atoms with Crippen LogP contribution in [0.3, 0.4) is 0 Å². The van der Waals surface area contributed by atoms with Gasteiger partial charge in [-0.1, -0.05) is 18.0 Å². The Kier molecular flexibility index (Phi) is 3.66. The average molecular weight is 237 g/mol. The topological polar surface area (TPSA) is 71.5 Å². The predicted molar refractivity (Wildman–Crippen MR) is 64.9 cm³/mol. The molecule has 0 aliphatic heterocycles. The summed E-state index contributed by atoms with van der Waals surface area (Å²) in [7, 11) is 0. The molecule has 5 heteroatoms. The van der Waals surface area contributed by atoms with E-state index in [2.05, 4.69) is 10.1 Å². The van der Waals surface area contributed by atoms with Crippen molar-refractivity contribution in [3.8, 4) is 0 Å². The third kappa shape index (κ3) is 2.47. The lowest BCUT2D eigenvalue weighted by atomic mass is 10.2. The maximum atomic E-state index is 8.71. The molecule has 0 saturated heterocycles. The summed E-state index contributed by atoms with van der Waals surface area (Å²) in [4.78, 5) is 5.10. The molecule has 2 rings (SSSR count). The minimum atomic E-state index is 0.155. The lowest BCUT2D eigenvalue weighted by molar-refractivity contribution is 0.318. The van der Waals surface area contributed by atoms with E-state index in [1.807, 2.05) is 0 Å². The fourth-order valence-electron chi connectivity index (χ4n) is 1.93. The summed E-state index contributed by atoms with van der Waals surface area (Å²) < 4.78 is 0. The van der Waals surface area contributed by atoms with E-state index in [1.54, 1.807) is 30.2 Å². The number of hydrogen-bond donors (Lipinski definition) is 2. The first-order valence-corrected chi connectivity index (χ1v) is 6.28. The first-order chi connectivity index (χ1) is 7.81. The lowest BCUT2D eigenvalue weighted by Crippen LogP contribution is -2.14. The van der Waals surface area contributed by atoms with Crippen molar-refractivity contribution < 1.29 is 5.21 Å². The Bertz CT molecular complexity index is 389. The molecule has 0 aromatic carbocycles. The van der Waals surface area contributed by atoms with Crippen LogP contribution in [0.4, 0.5) is 0 Å². The van der Waals surface area contributed by atoms with Crippen molar-refractivity contribution in [2.75, 3.05) is 0 Å². The fraction of sp³-hybridized carbons (Fsp3) is 0.455. The molecule has 0 atom stereocenters. The second kappa shape index (κ2) is 5.21. The molecule has 3 N–H and O–H groups in total. The third-order valence-corrected chi connectivity index (χ3v) is 4.15. The maximum Gasteiger partial charge on any atom is 0.171 e. The molecule has 1 aliphatic rings. The van der Waals surface area contributed by atoms with Crippen LogP contribution in [0, 0.1) is 0 Å². The van der Waals surface area contributed by atoms with Gasteiger partial charge in [0.1, 0.15) is 0 Å². The Hall–Kier alpha value is -1.23. The van der Waals surface area contributed by atoms with Crippen LogP contribution in [0.2, 0.25) is 0 Å². The third-order valence-electron chi connectivity index (χ3n) is 2.76. The van der Waals surface area contributed by atoms with Crippen LogP contribution in [0.25, 0.3) is 0 Å². The summed E-state index contributed by atoms with van der Waals surface area (Å²) in [5.74, 6) is 0.155. The zero-order chi connectivity index (χ0) is 11.4. The average Bonchev–Trinajstić information content (AvgIpc) is 2.82. The molecular formula is C11H15N3OS. The van der Waals surface area contributed by atoms with Crippen molar-refractivity contribution in [2.45, 2.75) is 35.8 Å². The van der Waals surface area contributed by atoms with Crippen LogP contribution in [0.1, 0.15) is 31.2 Å². The molecule has 16 heavy (non-hydrogen) atoms. The van der Waals surface area contributed by atoms with Gasteiger partial charge in [-0.3, -0.25) is 4.98 Å². The van der Waals surface area contributed by atoms with E-state index in [-0.39, 0.29) is 5.84 Å². The summed E-state index contributed by atoms with van der Waals surface area (Å²) in [5.41, 5.74) is 6.40. The van der Waals surface area contributed by atoms with Gasteiger partial charge in [-0.15, -0.1) is 11.8 Å². The zero-order valence-corrected chi connectivity index (χ0v) is 9.78. The van der Waals surface area contributed by atoms with Crippen molar-refractivity contribution in [3.05, 3.63) is 24.0 Å². The Morgan fingerprint density at radius 2 is 2.25 bits per heavy atom. The molecule has 1 aromatic rings. The Morgan fingerprint density at radius 3 is 2.94 bits per heavy atom. The van der Waals surface area contributed by atoms with Gasteiger partial charge in [0.25, 0.3) is 0 Å². The van der Waals surface area contributed by atoms with Gasteiger partial charge in [-0.2, -0.15) is 0 Å². The van der Waals surface area contributed by atoms with E-state index >= 15 is 0 Å². The molecule has 0 radical (unpaired) electrons. The van der Waals surface area contributed by atoms with E-state index in [0.29, 0.717) is 5.25 Å². The van der Waals surface area contributed by atoms with E-state index in [4.69, 9.17) is 10.9 Å². The number of thioether (sulfide) groups is 1. The SMILES string of the molecule is N/C(=N/O)c1ccncc1SC1CCCC1. The van der Waals surface area contributed by atoms with Crippen LogP contribution >= 0.6 is 11.8 Å². The normalized spacial score (nSPS) is 17.9. The second-order valence-electron chi connectivity index (χ2n) is 3.88. The number of nitrogens with two attached hydrogens (primary N) is 1. The van der Waals surface area contributed by atoms with Crippen LogP contribution in [-0.4, -0.2) is 21.3 Å². The van der Waals surface area contributed by atoms with Gasteiger partial charge in [0.15, 0.2) is 5.84 Å². The number of rotatable bonds is 3. The molecule has 0 unspecified atom stereocenters. The molecule has 1 aromatic heterocycles. The molecule has 0 amide bonds. The van der Waals surface area contributed by atoms with Gasteiger partial charge in [0, 0.05) is 28.1 Å². The minimum Gasteiger partial charge on any atom is -0.409 e. The Balaban J connectivity index is 2.19. The highest BCUT2D eigenvalue weighted by Gasteiger charge is 2.18. The molecule has 1 fully saturated rings. The highest BCUT2D eigenvalue weighted by molar-refractivity contribution is 8.00. The second-order valence-corrected chi connectivity index (χ2v) is 5.22. The minimum absolute atomic E-state index is 0.155. The van der Waals surface area contributed by atoms with Crippen molar-refractivity contribution in [1.29, 1.82) is 0 Å². The van der Waals surface area contributed by atoms with E-state index < -0.39 is 0 Å². The highest BCUT2D eigenvalue weighted by atomic mass is 32.2. The largest absolute Gasteiger partial charge is 0.409 e. The molecule has 4 nitrogen and oxygen atoms in total. The Labute approximate surface area is 98.9 Å². The highest BCUT2D eigenvalue weighted by Crippen LogP contribution is 2.35. The fourth-order valence-corrected chi connectivity index (χ4v) is 3.27. The number of hydrogen-bond acceptors (Lipinski definition) is 4. The number of pyridine rings is 1. The van der Waals surface area contributed by atoms with E-state index in [9.17, 15) is 0 Å². The van der Waals surface area contributed by atoms with E-state index in [0.717, 1.165) is 10.5 Å². The molecule has 1 aliphatic carbocycles.